The van der Waals surface area contributed by atoms with E-state index in [9.17, 15) is 5.11 Å². The van der Waals surface area contributed by atoms with E-state index in [2.05, 4.69) is 17.1 Å². The maximum Gasteiger partial charge on any atom is 0.102 e. The summed E-state index contributed by atoms with van der Waals surface area (Å²) in [5.41, 5.74) is -0.216. The Balaban J connectivity index is 2.09. The summed E-state index contributed by atoms with van der Waals surface area (Å²) >= 11 is 0. The average molecular weight is 183 g/mol. The van der Waals surface area contributed by atoms with Gasteiger partial charge in [-0.3, -0.25) is 0 Å². The molecule has 0 spiro atoms. The molecular weight excluding hydrogens is 166 g/mol. The van der Waals surface area contributed by atoms with Crippen LogP contribution in [0.2, 0.25) is 0 Å². The minimum Gasteiger partial charge on any atom is -0.393 e. The summed E-state index contributed by atoms with van der Waals surface area (Å²) in [6.45, 7) is 0.858. The van der Waals surface area contributed by atoms with Crippen molar-refractivity contribution in [3.05, 3.63) is 12.2 Å². The Kier molecular flexibility index (Phi) is 2.18. The van der Waals surface area contributed by atoms with E-state index in [1.807, 2.05) is 14.1 Å². The molecule has 2 unspecified atom stereocenters. The summed E-state index contributed by atoms with van der Waals surface area (Å²) in [4.78, 5) is 2.10. The van der Waals surface area contributed by atoms with E-state index in [-0.39, 0.29) is 17.8 Å². The number of rotatable bonds is 2. The van der Waals surface area contributed by atoms with Gasteiger partial charge in [0.1, 0.15) is 5.60 Å². The first kappa shape index (κ1) is 9.19. The lowest BCUT2D eigenvalue weighted by atomic mass is 9.93. The zero-order valence-electron chi connectivity index (χ0n) is 8.23. The fourth-order valence-corrected chi connectivity index (χ4v) is 2.35. The predicted molar refractivity (Wildman–Crippen MR) is 50.5 cm³/mol. The molecule has 2 aliphatic heterocycles. The molecule has 2 rings (SSSR count). The summed E-state index contributed by atoms with van der Waals surface area (Å²) in [7, 11) is 4.06. The highest BCUT2D eigenvalue weighted by Crippen LogP contribution is 2.36. The van der Waals surface area contributed by atoms with E-state index in [0.717, 1.165) is 19.4 Å². The monoisotopic (exact) mass is 183 g/mol. The molecule has 2 aliphatic rings. The Labute approximate surface area is 79.0 Å². The lowest BCUT2D eigenvalue weighted by Crippen LogP contribution is -2.46. The van der Waals surface area contributed by atoms with E-state index >= 15 is 0 Å². The van der Waals surface area contributed by atoms with Crippen molar-refractivity contribution in [2.75, 3.05) is 20.6 Å². The van der Waals surface area contributed by atoms with E-state index in [0.29, 0.717) is 0 Å². The highest BCUT2D eigenvalue weighted by molar-refractivity contribution is 5.16. The summed E-state index contributed by atoms with van der Waals surface area (Å²) in [5, 5.41) is 9.63. The molecule has 2 heterocycles. The van der Waals surface area contributed by atoms with Gasteiger partial charge in [-0.25, -0.2) is 0 Å². The van der Waals surface area contributed by atoms with Crippen molar-refractivity contribution >= 4 is 0 Å². The van der Waals surface area contributed by atoms with Crippen LogP contribution in [-0.4, -0.2) is 48.5 Å². The third-order valence-electron chi connectivity index (χ3n) is 2.67. The van der Waals surface area contributed by atoms with Crippen molar-refractivity contribution in [2.24, 2.45) is 0 Å². The van der Waals surface area contributed by atoms with Crippen LogP contribution in [0.5, 0.6) is 0 Å². The fraction of sp³-hybridized carbons (Fsp3) is 0.800. The summed E-state index contributed by atoms with van der Waals surface area (Å²) in [5.74, 6) is 0. The van der Waals surface area contributed by atoms with Crippen molar-refractivity contribution in [3.8, 4) is 0 Å². The van der Waals surface area contributed by atoms with Crippen LogP contribution in [0, 0.1) is 0 Å². The van der Waals surface area contributed by atoms with Gasteiger partial charge in [0, 0.05) is 19.4 Å². The average Bonchev–Trinajstić information content (AvgIpc) is 2.24. The largest absolute Gasteiger partial charge is 0.393 e. The SMILES string of the molecule is CN(C)CC12C=CC(C[C@@H](O)C1)O2. The van der Waals surface area contributed by atoms with Crippen LogP contribution in [-0.2, 0) is 4.74 Å². The van der Waals surface area contributed by atoms with Crippen LogP contribution in [0.3, 0.4) is 0 Å². The van der Waals surface area contributed by atoms with Crippen molar-refractivity contribution < 1.29 is 9.84 Å². The van der Waals surface area contributed by atoms with Gasteiger partial charge in [-0.2, -0.15) is 0 Å². The number of hydrogen-bond acceptors (Lipinski definition) is 3. The zero-order valence-corrected chi connectivity index (χ0v) is 8.23. The summed E-state index contributed by atoms with van der Waals surface area (Å²) < 4.78 is 5.85. The molecule has 3 heteroatoms. The second-order valence-electron chi connectivity index (χ2n) is 4.41. The van der Waals surface area contributed by atoms with Gasteiger partial charge in [-0.1, -0.05) is 12.2 Å². The third-order valence-corrected chi connectivity index (χ3v) is 2.67. The molecule has 3 atom stereocenters. The second-order valence-corrected chi connectivity index (χ2v) is 4.41. The standard InChI is InChI=1S/C10H17NO2/c1-11(2)7-10-4-3-9(13-10)5-8(12)6-10/h3-4,8-9,12H,5-7H2,1-2H3/t8-,9?,10?/m1/s1. The van der Waals surface area contributed by atoms with Crippen molar-refractivity contribution in [1.82, 2.24) is 4.90 Å². The van der Waals surface area contributed by atoms with Crippen LogP contribution in [0.15, 0.2) is 12.2 Å². The maximum absolute atomic E-state index is 9.63. The Morgan fingerprint density at radius 3 is 3.08 bits per heavy atom. The van der Waals surface area contributed by atoms with Gasteiger partial charge in [0.2, 0.25) is 0 Å². The molecule has 13 heavy (non-hydrogen) atoms. The molecule has 0 aromatic heterocycles. The molecule has 0 saturated carbocycles. The minimum absolute atomic E-state index is 0.142. The molecule has 0 aromatic rings. The molecule has 0 amide bonds. The maximum atomic E-state index is 9.63. The van der Waals surface area contributed by atoms with Gasteiger partial charge in [0.25, 0.3) is 0 Å². The van der Waals surface area contributed by atoms with Gasteiger partial charge in [-0.05, 0) is 14.1 Å². The predicted octanol–water partition coefficient (Wildman–Crippen LogP) is 0.396. The smallest absolute Gasteiger partial charge is 0.102 e. The molecular formula is C10H17NO2. The highest BCUT2D eigenvalue weighted by Gasteiger charge is 2.42. The van der Waals surface area contributed by atoms with Crippen molar-refractivity contribution in [2.45, 2.75) is 30.7 Å². The van der Waals surface area contributed by atoms with Crippen LogP contribution in [0.1, 0.15) is 12.8 Å². The van der Waals surface area contributed by atoms with Crippen molar-refractivity contribution in [1.29, 1.82) is 0 Å². The number of ether oxygens (including phenoxy) is 1. The molecule has 3 nitrogen and oxygen atoms in total. The van der Waals surface area contributed by atoms with Crippen LogP contribution < -0.4 is 0 Å². The lowest BCUT2D eigenvalue weighted by Gasteiger charge is -2.37. The number of nitrogens with zero attached hydrogens (tertiary/aromatic N) is 1. The van der Waals surface area contributed by atoms with E-state index in [1.165, 1.54) is 0 Å². The van der Waals surface area contributed by atoms with Crippen LogP contribution >= 0.6 is 0 Å². The normalized spacial score (nSPS) is 43.1. The highest BCUT2D eigenvalue weighted by atomic mass is 16.5. The van der Waals surface area contributed by atoms with Gasteiger partial charge in [0.15, 0.2) is 0 Å². The number of aliphatic hydroxyl groups is 1. The Bertz CT molecular complexity index is 223. The molecule has 0 aromatic carbocycles. The minimum atomic E-state index is -0.216. The number of fused-ring (bicyclic) bond motifs is 2. The number of likely N-dealkylation sites (N-methyl/N-ethyl adjacent to an activating group) is 1. The van der Waals surface area contributed by atoms with Gasteiger partial charge < -0.3 is 14.7 Å². The van der Waals surface area contributed by atoms with Gasteiger partial charge in [0.05, 0.1) is 12.2 Å². The molecule has 1 fully saturated rings. The van der Waals surface area contributed by atoms with Gasteiger partial charge >= 0.3 is 0 Å². The third kappa shape index (κ3) is 1.77. The lowest BCUT2D eigenvalue weighted by molar-refractivity contribution is -0.111. The first-order valence-corrected chi connectivity index (χ1v) is 4.80. The second kappa shape index (κ2) is 3.08. The molecule has 0 aliphatic carbocycles. The molecule has 0 radical (unpaired) electrons. The molecule has 2 bridgehead atoms. The van der Waals surface area contributed by atoms with E-state index in [4.69, 9.17) is 4.74 Å². The Morgan fingerprint density at radius 2 is 2.38 bits per heavy atom. The number of aliphatic hydroxyl groups excluding tert-OH is 1. The first-order chi connectivity index (χ1) is 6.10. The Hall–Kier alpha value is -0.380. The molecule has 1 N–H and O–H groups in total. The topological polar surface area (TPSA) is 32.7 Å². The molecule has 74 valence electrons. The number of hydrogen-bond donors (Lipinski definition) is 1. The summed E-state index contributed by atoms with van der Waals surface area (Å²) in [6.07, 6.45) is 5.63. The first-order valence-electron chi connectivity index (χ1n) is 4.80. The summed E-state index contributed by atoms with van der Waals surface area (Å²) in [6, 6.07) is 0. The van der Waals surface area contributed by atoms with E-state index < -0.39 is 0 Å². The molecule has 1 saturated heterocycles. The van der Waals surface area contributed by atoms with Gasteiger partial charge in [-0.15, -0.1) is 0 Å². The zero-order chi connectivity index (χ0) is 9.47. The van der Waals surface area contributed by atoms with Crippen molar-refractivity contribution in [3.63, 3.8) is 0 Å². The van der Waals surface area contributed by atoms with Crippen LogP contribution in [0.25, 0.3) is 0 Å². The van der Waals surface area contributed by atoms with Crippen LogP contribution in [0.4, 0.5) is 0 Å². The van der Waals surface area contributed by atoms with E-state index in [1.54, 1.807) is 0 Å². The quantitative estimate of drug-likeness (QED) is 0.629. The Morgan fingerprint density at radius 1 is 1.62 bits per heavy atom. The fourth-order valence-electron chi connectivity index (χ4n) is 2.35.